The van der Waals surface area contributed by atoms with Crippen molar-refractivity contribution >= 4 is 27.7 Å². The summed E-state index contributed by atoms with van der Waals surface area (Å²) in [7, 11) is 0. The van der Waals surface area contributed by atoms with Gasteiger partial charge in [0.25, 0.3) is 0 Å². The molecule has 0 saturated heterocycles. The maximum Gasteiger partial charge on any atom is 0.231 e. The number of benzene rings is 1. The lowest BCUT2D eigenvalue weighted by molar-refractivity contribution is 0.344. The lowest BCUT2D eigenvalue weighted by atomic mass is 10.1. The van der Waals surface area contributed by atoms with Gasteiger partial charge in [0.05, 0.1) is 11.7 Å². The van der Waals surface area contributed by atoms with E-state index in [1.165, 1.54) is 0 Å². The van der Waals surface area contributed by atoms with Gasteiger partial charge in [0.15, 0.2) is 5.82 Å². The second kappa shape index (κ2) is 6.54. The van der Waals surface area contributed by atoms with Gasteiger partial charge in [-0.25, -0.2) is 0 Å². The number of hydrogen-bond acceptors (Lipinski definition) is 5. The van der Waals surface area contributed by atoms with E-state index < -0.39 is 0 Å². The molecule has 2 unspecified atom stereocenters. The minimum Gasteiger partial charge on any atom is -0.339 e. The van der Waals surface area contributed by atoms with Crippen LogP contribution >= 0.6 is 27.7 Å². The smallest absolute Gasteiger partial charge is 0.231 e. The molecule has 102 valence electrons. The van der Waals surface area contributed by atoms with Gasteiger partial charge in [-0.15, -0.1) is 11.8 Å². The molecular formula is C13H16BrN3OS. The van der Waals surface area contributed by atoms with E-state index in [1.807, 2.05) is 32.0 Å². The first kappa shape index (κ1) is 14.6. The summed E-state index contributed by atoms with van der Waals surface area (Å²) in [5.74, 6) is 2.06. The van der Waals surface area contributed by atoms with E-state index in [4.69, 9.17) is 10.3 Å². The summed E-state index contributed by atoms with van der Waals surface area (Å²) in [6.45, 7) is 3.92. The second-order valence-electron chi connectivity index (χ2n) is 4.42. The van der Waals surface area contributed by atoms with Crippen LogP contribution in [0.1, 0.15) is 31.5 Å². The summed E-state index contributed by atoms with van der Waals surface area (Å²) in [4.78, 5) is 5.54. The predicted octanol–water partition coefficient (Wildman–Crippen LogP) is 3.58. The highest BCUT2D eigenvalue weighted by molar-refractivity contribution is 9.10. The highest BCUT2D eigenvalue weighted by Crippen LogP contribution is 2.29. The number of aromatic nitrogens is 2. The molecule has 4 nitrogen and oxygen atoms in total. The third-order valence-electron chi connectivity index (χ3n) is 2.86. The SMILES string of the molecule is CC(N)C(C)c1nc(CSc2ccccc2Br)no1. The van der Waals surface area contributed by atoms with Gasteiger partial charge < -0.3 is 10.3 Å². The van der Waals surface area contributed by atoms with E-state index in [0.29, 0.717) is 17.5 Å². The average molecular weight is 342 g/mol. The molecule has 0 aliphatic carbocycles. The molecule has 2 N–H and O–H groups in total. The number of hydrogen-bond donors (Lipinski definition) is 1. The molecule has 2 aromatic rings. The zero-order chi connectivity index (χ0) is 13.8. The largest absolute Gasteiger partial charge is 0.339 e. The highest BCUT2D eigenvalue weighted by Gasteiger charge is 2.17. The number of nitrogens with two attached hydrogens (primary N) is 1. The van der Waals surface area contributed by atoms with Gasteiger partial charge in [0.2, 0.25) is 5.89 Å². The lowest BCUT2D eigenvalue weighted by Crippen LogP contribution is -2.22. The van der Waals surface area contributed by atoms with Gasteiger partial charge in [-0.1, -0.05) is 24.2 Å². The maximum absolute atomic E-state index is 5.82. The topological polar surface area (TPSA) is 64.9 Å². The van der Waals surface area contributed by atoms with Crippen molar-refractivity contribution in [2.45, 2.75) is 36.5 Å². The molecule has 0 aliphatic rings. The van der Waals surface area contributed by atoms with Gasteiger partial charge in [0, 0.05) is 15.4 Å². The van der Waals surface area contributed by atoms with E-state index >= 15 is 0 Å². The minimum atomic E-state index is 0.00391. The Balaban J connectivity index is 1.99. The van der Waals surface area contributed by atoms with E-state index in [-0.39, 0.29) is 12.0 Å². The van der Waals surface area contributed by atoms with E-state index in [2.05, 4.69) is 32.1 Å². The Morgan fingerprint density at radius 2 is 2.11 bits per heavy atom. The first-order chi connectivity index (χ1) is 9.08. The van der Waals surface area contributed by atoms with E-state index in [9.17, 15) is 0 Å². The molecule has 19 heavy (non-hydrogen) atoms. The zero-order valence-corrected chi connectivity index (χ0v) is 13.2. The van der Waals surface area contributed by atoms with Crippen molar-refractivity contribution in [3.05, 3.63) is 40.5 Å². The summed E-state index contributed by atoms with van der Waals surface area (Å²) in [5.41, 5.74) is 5.82. The van der Waals surface area contributed by atoms with Crippen LogP contribution in [0.2, 0.25) is 0 Å². The standard InChI is InChI=1S/C13H16BrN3OS/c1-8(9(2)15)13-16-12(17-18-13)7-19-11-6-4-3-5-10(11)14/h3-6,8-9H,7,15H2,1-2H3. The molecule has 0 aliphatic heterocycles. The zero-order valence-electron chi connectivity index (χ0n) is 10.8. The van der Waals surface area contributed by atoms with Crippen molar-refractivity contribution in [3.63, 3.8) is 0 Å². The molecule has 0 fully saturated rings. The fourth-order valence-electron chi connectivity index (χ4n) is 1.44. The molecule has 0 bridgehead atoms. The van der Waals surface area contributed by atoms with Crippen LogP contribution in [0.3, 0.4) is 0 Å². The van der Waals surface area contributed by atoms with Crippen LogP contribution in [0.25, 0.3) is 0 Å². The minimum absolute atomic E-state index is 0.00391. The highest BCUT2D eigenvalue weighted by atomic mass is 79.9. The summed E-state index contributed by atoms with van der Waals surface area (Å²) >= 11 is 5.19. The molecular weight excluding hydrogens is 326 g/mol. The van der Waals surface area contributed by atoms with Crippen molar-refractivity contribution in [3.8, 4) is 0 Å². The third kappa shape index (κ3) is 3.81. The Hall–Kier alpha value is -0.850. The van der Waals surface area contributed by atoms with Gasteiger partial charge in [-0.2, -0.15) is 4.98 Å². The second-order valence-corrected chi connectivity index (χ2v) is 6.29. The van der Waals surface area contributed by atoms with Gasteiger partial charge in [-0.3, -0.25) is 0 Å². The third-order valence-corrected chi connectivity index (χ3v) is 4.88. The van der Waals surface area contributed by atoms with Gasteiger partial charge in [0.1, 0.15) is 0 Å². The summed E-state index contributed by atoms with van der Waals surface area (Å²) in [6, 6.07) is 8.07. The summed E-state index contributed by atoms with van der Waals surface area (Å²) < 4.78 is 6.32. The molecule has 1 heterocycles. The van der Waals surface area contributed by atoms with Crippen LogP contribution in [0.4, 0.5) is 0 Å². The molecule has 1 aromatic carbocycles. The molecule has 6 heteroatoms. The maximum atomic E-state index is 5.82. The number of thioether (sulfide) groups is 1. The molecule has 2 rings (SSSR count). The molecule has 0 spiro atoms. The average Bonchev–Trinajstić information content (AvgIpc) is 2.85. The van der Waals surface area contributed by atoms with Crippen LogP contribution in [0, 0.1) is 0 Å². The normalized spacial score (nSPS) is 14.3. The van der Waals surface area contributed by atoms with Crippen LogP contribution in [-0.2, 0) is 5.75 Å². The fraction of sp³-hybridized carbons (Fsp3) is 0.385. The van der Waals surface area contributed by atoms with Crippen molar-refractivity contribution < 1.29 is 4.52 Å². The number of rotatable bonds is 5. The van der Waals surface area contributed by atoms with Crippen LogP contribution in [0.5, 0.6) is 0 Å². The van der Waals surface area contributed by atoms with Crippen molar-refractivity contribution in [1.29, 1.82) is 0 Å². The summed E-state index contributed by atoms with van der Waals surface area (Å²) in [6.07, 6.45) is 0. The number of nitrogens with zero attached hydrogens (tertiary/aromatic N) is 2. The predicted molar refractivity (Wildman–Crippen MR) is 80.1 cm³/mol. The quantitative estimate of drug-likeness (QED) is 0.842. The van der Waals surface area contributed by atoms with Crippen molar-refractivity contribution in [2.75, 3.05) is 0 Å². The Morgan fingerprint density at radius 1 is 1.37 bits per heavy atom. The Kier molecular flexibility index (Phi) is 5.01. The molecule has 2 atom stereocenters. The van der Waals surface area contributed by atoms with E-state index in [0.717, 1.165) is 9.37 Å². The monoisotopic (exact) mass is 341 g/mol. The molecule has 0 saturated carbocycles. The van der Waals surface area contributed by atoms with Gasteiger partial charge >= 0.3 is 0 Å². The molecule has 1 aromatic heterocycles. The van der Waals surface area contributed by atoms with E-state index in [1.54, 1.807) is 11.8 Å². The fourth-order valence-corrected chi connectivity index (χ4v) is 2.85. The Bertz CT molecular complexity index is 544. The van der Waals surface area contributed by atoms with Crippen LogP contribution in [-0.4, -0.2) is 16.2 Å². The molecule has 0 amide bonds. The summed E-state index contributed by atoms with van der Waals surface area (Å²) in [5, 5.41) is 3.99. The van der Waals surface area contributed by atoms with Gasteiger partial charge in [-0.05, 0) is 35.0 Å². The lowest BCUT2D eigenvalue weighted by Gasteiger charge is -2.09. The van der Waals surface area contributed by atoms with Crippen molar-refractivity contribution in [1.82, 2.24) is 10.1 Å². The first-order valence-corrected chi connectivity index (χ1v) is 7.81. The Morgan fingerprint density at radius 3 is 2.79 bits per heavy atom. The molecule has 0 radical (unpaired) electrons. The van der Waals surface area contributed by atoms with Crippen LogP contribution in [0.15, 0.2) is 38.2 Å². The first-order valence-electron chi connectivity index (χ1n) is 6.03. The number of halogens is 1. The van der Waals surface area contributed by atoms with Crippen molar-refractivity contribution in [2.24, 2.45) is 5.73 Å². The Labute approximate surface area is 125 Å². The van der Waals surface area contributed by atoms with Crippen LogP contribution < -0.4 is 5.73 Å².